The Morgan fingerprint density at radius 1 is 1.38 bits per heavy atom. The molecule has 3 rings (SSSR count). The largest absolute Gasteiger partial charge is 0.481 e. The van der Waals surface area contributed by atoms with Gasteiger partial charge in [-0.15, -0.1) is 0 Å². The minimum absolute atomic E-state index is 0.211. The van der Waals surface area contributed by atoms with Crippen LogP contribution in [0.2, 0.25) is 0 Å². The van der Waals surface area contributed by atoms with E-state index in [2.05, 4.69) is 5.32 Å². The number of imide groups is 1. The molecule has 8 heteroatoms. The summed E-state index contributed by atoms with van der Waals surface area (Å²) in [4.78, 5) is 49.0. The molecule has 8 nitrogen and oxygen atoms in total. The highest BCUT2D eigenvalue weighted by Crippen LogP contribution is 2.30. The summed E-state index contributed by atoms with van der Waals surface area (Å²) in [6, 6.07) is 4.36. The van der Waals surface area contributed by atoms with Gasteiger partial charge in [0, 0.05) is 18.5 Å². The first-order chi connectivity index (χ1) is 12.4. The van der Waals surface area contributed by atoms with Crippen molar-refractivity contribution in [3.63, 3.8) is 0 Å². The highest BCUT2D eigenvalue weighted by Gasteiger charge is 2.39. The Bertz CT molecular complexity index is 776. The number of amides is 4. The van der Waals surface area contributed by atoms with E-state index in [1.165, 1.54) is 4.90 Å². The lowest BCUT2D eigenvalue weighted by Crippen LogP contribution is -2.52. The average molecular weight is 359 g/mol. The van der Waals surface area contributed by atoms with E-state index in [-0.39, 0.29) is 18.2 Å². The molecule has 1 aromatic carbocycles. The molecule has 0 saturated carbocycles. The molecule has 26 heavy (non-hydrogen) atoms. The lowest BCUT2D eigenvalue weighted by atomic mass is 10.0. The quantitative estimate of drug-likeness (QED) is 0.716. The van der Waals surface area contributed by atoms with Gasteiger partial charge in [-0.25, -0.2) is 0 Å². The van der Waals surface area contributed by atoms with Crippen LogP contribution in [0.1, 0.15) is 48.5 Å². The SMILES string of the molecule is CCCC(Oc1ccc2c(c1)C(=O)N(C1CCC(=O)NC1=O)C2)C(N)=O. The number of piperidine rings is 1. The highest BCUT2D eigenvalue weighted by molar-refractivity contribution is 6.05. The number of ether oxygens (including phenoxy) is 1. The van der Waals surface area contributed by atoms with Gasteiger partial charge in [0.05, 0.1) is 0 Å². The summed E-state index contributed by atoms with van der Waals surface area (Å²) in [5.41, 5.74) is 6.56. The average Bonchev–Trinajstić information content (AvgIpc) is 2.91. The van der Waals surface area contributed by atoms with Crippen LogP contribution in [0.3, 0.4) is 0 Å². The van der Waals surface area contributed by atoms with Crippen LogP contribution in [0.4, 0.5) is 0 Å². The molecular formula is C18H21N3O5. The van der Waals surface area contributed by atoms with Gasteiger partial charge in [-0.1, -0.05) is 19.4 Å². The summed E-state index contributed by atoms with van der Waals surface area (Å²) in [5.74, 6) is -1.22. The smallest absolute Gasteiger partial charge is 0.258 e. The zero-order valence-corrected chi connectivity index (χ0v) is 14.5. The van der Waals surface area contributed by atoms with Gasteiger partial charge >= 0.3 is 0 Å². The molecule has 1 fully saturated rings. The summed E-state index contributed by atoms with van der Waals surface area (Å²) >= 11 is 0. The summed E-state index contributed by atoms with van der Waals surface area (Å²) in [5, 5.41) is 2.27. The van der Waals surface area contributed by atoms with Gasteiger partial charge in [0.15, 0.2) is 6.10 Å². The van der Waals surface area contributed by atoms with Crippen molar-refractivity contribution < 1.29 is 23.9 Å². The Morgan fingerprint density at radius 2 is 2.15 bits per heavy atom. The van der Waals surface area contributed by atoms with Crippen LogP contribution in [0.15, 0.2) is 18.2 Å². The van der Waals surface area contributed by atoms with Crippen molar-refractivity contribution in [2.45, 2.75) is 51.3 Å². The molecule has 2 atom stereocenters. The first-order valence-electron chi connectivity index (χ1n) is 8.64. The van der Waals surface area contributed by atoms with E-state index in [4.69, 9.17) is 10.5 Å². The predicted octanol–water partition coefficient (Wildman–Crippen LogP) is 0.480. The zero-order valence-electron chi connectivity index (χ0n) is 14.5. The van der Waals surface area contributed by atoms with Crippen LogP contribution in [0.5, 0.6) is 5.75 Å². The Hall–Kier alpha value is -2.90. The molecular weight excluding hydrogens is 338 g/mol. The molecule has 0 bridgehead atoms. The minimum atomic E-state index is -0.749. The maximum absolute atomic E-state index is 12.7. The van der Waals surface area contributed by atoms with Gasteiger partial charge < -0.3 is 15.4 Å². The third-order valence-corrected chi connectivity index (χ3v) is 4.65. The van der Waals surface area contributed by atoms with Crippen LogP contribution in [0, 0.1) is 0 Å². The van der Waals surface area contributed by atoms with Gasteiger partial charge in [0.2, 0.25) is 11.8 Å². The van der Waals surface area contributed by atoms with Gasteiger partial charge in [0.1, 0.15) is 11.8 Å². The van der Waals surface area contributed by atoms with Gasteiger partial charge in [0.25, 0.3) is 11.8 Å². The number of fused-ring (bicyclic) bond motifs is 1. The van der Waals surface area contributed by atoms with E-state index in [1.807, 2.05) is 6.92 Å². The Labute approximate surface area is 150 Å². The third kappa shape index (κ3) is 3.40. The number of nitrogens with one attached hydrogen (secondary N) is 1. The summed E-state index contributed by atoms with van der Waals surface area (Å²) in [7, 11) is 0. The Kier molecular flexibility index (Phi) is 4.92. The molecule has 138 valence electrons. The molecule has 0 aromatic heterocycles. The van der Waals surface area contributed by atoms with Crippen molar-refractivity contribution in [3.05, 3.63) is 29.3 Å². The number of benzene rings is 1. The van der Waals surface area contributed by atoms with Crippen molar-refractivity contribution in [1.82, 2.24) is 10.2 Å². The molecule has 0 aliphatic carbocycles. The van der Waals surface area contributed by atoms with Crippen molar-refractivity contribution in [3.8, 4) is 5.75 Å². The van der Waals surface area contributed by atoms with Crippen molar-refractivity contribution >= 4 is 23.6 Å². The number of nitrogens with two attached hydrogens (primary N) is 1. The van der Waals surface area contributed by atoms with Crippen molar-refractivity contribution in [1.29, 1.82) is 0 Å². The fourth-order valence-corrected chi connectivity index (χ4v) is 3.29. The second-order valence-corrected chi connectivity index (χ2v) is 6.52. The summed E-state index contributed by atoms with van der Waals surface area (Å²) in [6.07, 6.45) is 1.00. The first-order valence-corrected chi connectivity index (χ1v) is 8.64. The fraction of sp³-hybridized carbons (Fsp3) is 0.444. The molecule has 3 N–H and O–H groups in total. The monoisotopic (exact) mass is 359 g/mol. The number of hydrogen-bond acceptors (Lipinski definition) is 5. The van der Waals surface area contributed by atoms with Crippen LogP contribution in [-0.4, -0.2) is 40.7 Å². The van der Waals surface area contributed by atoms with Crippen LogP contribution >= 0.6 is 0 Å². The molecule has 2 aliphatic heterocycles. The zero-order chi connectivity index (χ0) is 18.8. The molecule has 0 radical (unpaired) electrons. The van der Waals surface area contributed by atoms with E-state index >= 15 is 0 Å². The third-order valence-electron chi connectivity index (χ3n) is 4.65. The number of carbonyl (C=O) groups excluding carboxylic acids is 4. The van der Waals surface area contributed by atoms with Gasteiger partial charge in [-0.2, -0.15) is 0 Å². The molecule has 1 saturated heterocycles. The molecule has 2 unspecified atom stereocenters. The number of primary amides is 1. The van der Waals surface area contributed by atoms with Gasteiger partial charge in [-0.05, 0) is 30.5 Å². The Morgan fingerprint density at radius 3 is 2.81 bits per heavy atom. The lowest BCUT2D eigenvalue weighted by Gasteiger charge is -2.29. The Balaban J connectivity index is 1.77. The van der Waals surface area contributed by atoms with Crippen molar-refractivity contribution in [2.24, 2.45) is 5.73 Å². The minimum Gasteiger partial charge on any atom is -0.481 e. The van der Waals surface area contributed by atoms with E-state index in [0.717, 1.165) is 12.0 Å². The molecule has 4 amide bonds. The van der Waals surface area contributed by atoms with Crippen molar-refractivity contribution in [2.75, 3.05) is 0 Å². The lowest BCUT2D eigenvalue weighted by molar-refractivity contribution is -0.137. The van der Waals surface area contributed by atoms with Crippen LogP contribution in [0.25, 0.3) is 0 Å². The number of nitrogens with zero attached hydrogens (tertiary/aromatic N) is 1. The van der Waals surface area contributed by atoms with E-state index in [0.29, 0.717) is 30.7 Å². The van der Waals surface area contributed by atoms with E-state index in [1.54, 1.807) is 18.2 Å². The fourth-order valence-electron chi connectivity index (χ4n) is 3.29. The normalized spacial score (nSPS) is 20.6. The molecule has 2 aliphatic rings. The molecule has 1 aromatic rings. The maximum Gasteiger partial charge on any atom is 0.258 e. The van der Waals surface area contributed by atoms with Crippen LogP contribution in [-0.2, 0) is 20.9 Å². The topological polar surface area (TPSA) is 119 Å². The second-order valence-electron chi connectivity index (χ2n) is 6.52. The molecule has 0 spiro atoms. The van der Waals surface area contributed by atoms with Crippen LogP contribution < -0.4 is 15.8 Å². The standard InChI is InChI=1S/C18H21N3O5/c1-2-3-14(16(19)23)26-11-5-4-10-9-21(18(25)12(10)8-11)13-6-7-15(22)20-17(13)24/h4-5,8,13-14H,2-3,6-7,9H2,1H3,(H2,19,23)(H,20,22,24). The number of rotatable bonds is 6. The number of hydrogen-bond donors (Lipinski definition) is 2. The van der Waals surface area contributed by atoms with E-state index < -0.39 is 24.0 Å². The first kappa shape index (κ1) is 17.9. The van der Waals surface area contributed by atoms with E-state index in [9.17, 15) is 19.2 Å². The van der Waals surface area contributed by atoms with Gasteiger partial charge in [-0.3, -0.25) is 24.5 Å². The predicted molar refractivity (Wildman–Crippen MR) is 91.0 cm³/mol. The summed E-state index contributed by atoms with van der Waals surface area (Å²) in [6.45, 7) is 2.22. The number of carbonyl (C=O) groups is 4. The highest BCUT2D eigenvalue weighted by atomic mass is 16.5. The molecule has 2 heterocycles. The second kappa shape index (κ2) is 7.15. The summed E-state index contributed by atoms with van der Waals surface area (Å²) < 4.78 is 5.64. The maximum atomic E-state index is 12.7.